The number of nitrogens with zero attached hydrogens (tertiary/aromatic N) is 1. The lowest BCUT2D eigenvalue weighted by molar-refractivity contribution is -0.136. The third-order valence-electron chi connectivity index (χ3n) is 4.59. The fraction of sp³-hybridized carbons (Fsp3) is 0.333. The van der Waals surface area contributed by atoms with Crippen molar-refractivity contribution in [1.82, 2.24) is 5.32 Å². The molecule has 0 saturated carbocycles. The van der Waals surface area contributed by atoms with Gasteiger partial charge >= 0.3 is 11.8 Å². The molecule has 2 amide bonds. The number of amides is 2. The summed E-state index contributed by atoms with van der Waals surface area (Å²) in [6, 6.07) is 17.4. The molecule has 0 aromatic heterocycles. The van der Waals surface area contributed by atoms with Crippen molar-refractivity contribution in [1.29, 1.82) is 0 Å². The van der Waals surface area contributed by atoms with E-state index in [0.29, 0.717) is 18.7 Å². The third-order valence-corrected chi connectivity index (χ3v) is 4.59. The molecule has 0 spiro atoms. The Bertz CT molecular complexity index is 723. The molecule has 5 heteroatoms. The van der Waals surface area contributed by atoms with Gasteiger partial charge < -0.3 is 15.5 Å². The van der Waals surface area contributed by atoms with E-state index in [-0.39, 0.29) is 0 Å². The Kier molecular flexibility index (Phi) is 6.25. The van der Waals surface area contributed by atoms with Crippen molar-refractivity contribution in [2.24, 2.45) is 0 Å². The van der Waals surface area contributed by atoms with Gasteiger partial charge in [0.25, 0.3) is 0 Å². The molecular formula is C21H25N3O2. The molecule has 1 aliphatic rings. The molecule has 2 N–H and O–H groups in total. The number of para-hydroxylation sites is 1. The Hall–Kier alpha value is -2.82. The zero-order valence-corrected chi connectivity index (χ0v) is 14.9. The highest BCUT2D eigenvalue weighted by Crippen LogP contribution is 2.20. The minimum atomic E-state index is -0.642. The van der Waals surface area contributed by atoms with Gasteiger partial charge in [0.1, 0.15) is 0 Å². The van der Waals surface area contributed by atoms with Gasteiger partial charge in [-0.2, -0.15) is 0 Å². The van der Waals surface area contributed by atoms with Gasteiger partial charge in [0.15, 0.2) is 0 Å². The van der Waals surface area contributed by atoms with Crippen LogP contribution in [0, 0.1) is 0 Å². The van der Waals surface area contributed by atoms with Gasteiger partial charge in [-0.25, -0.2) is 0 Å². The predicted molar refractivity (Wildman–Crippen MR) is 104 cm³/mol. The summed E-state index contributed by atoms with van der Waals surface area (Å²) in [6.07, 6.45) is 4.55. The molecule has 0 bridgehead atoms. The largest absolute Gasteiger partial charge is 0.372 e. The molecule has 26 heavy (non-hydrogen) atoms. The number of piperidine rings is 1. The van der Waals surface area contributed by atoms with E-state index >= 15 is 0 Å². The molecule has 0 atom stereocenters. The molecule has 2 aromatic rings. The summed E-state index contributed by atoms with van der Waals surface area (Å²) in [5, 5.41) is 5.25. The molecule has 2 aromatic carbocycles. The molecule has 0 aliphatic carbocycles. The zero-order chi connectivity index (χ0) is 18.2. The smallest absolute Gasteiger partial charge is 0.313 e. The van der Waals surface area contributed by atoms with Gasteiger partial charge in [-0.1, -0.05) is 30.3 Å². The Balaban J connectivity index is 1.42. The topological polar surface area (TPSA) is 61.4 Å². The van der Waals surface area contributed by atoms with Crippen LogP contribution in [0.25, 0.3) is 0 Å². The van der Waals surface area contributed by atoms with Crippen LogP contribution in [0.15, 0.2) is 54.6 Å². The third kappa shape index (κ3) is 5.09. The van der Waals surface area contributed by atoms with Crippen LogP contribution in [-0.2, 0) is 16.0 Å². The second kappa shape index (κ2) is 9.04. The average Bonchev–Trinajstić information content (AvgIpc) is 2.70. The van der Waals surface area contributed by atoms with E-state index in [1.807, 2.05) is 6.07 Å². The SMILES string of the molecule is O=C(NCCc1ccc(N2CCCCC2)cc1)C(=O)Nc1ccccc1. The van der Waals surface area contributed by atoms with Gasteiger partial charge in [-0.05, 0) is 55.5 Å². The summed E-state index contributed by atoms with van der Waals surface area (Å²) >= 11 is 0. The van der Waals surface area contributed by atoms with Gasteiger partial charge in [0.05, 0.1) is 0 Å². The van der Waals surface area contributed by atoms with Crippen molar-refractivity contribution in [3.8, 4) is 0 Å². The number of hydrogen-bond acceptors (Lipinski definition) is 3. The number of nitrogens with one attached hydrogen (secondary N) is 2. The van der Waals surface area contributed by atoms with E-state index in [2.05, 4.69) is 39.8 Å². The average molecular weight is 351 g/mol. The van der Waals surface area contributed by atoms with Crippen LogP contribution >= 0.6 is 0 Å². The Labute approximate surface area is 154 Å². The van der Waals surface area contributed by atoms with Gasteiger partial charge in [-0.15, -0.1) is 0 Å². The molecular weight excluding hydrogens is 326 g/mol. The maximum Gasteiger partial charge on any atom is 0.313 e. The fourth-order valence-electron chi connectivity index (χ4n) is 3.14. The summed E-state index contributed by atoms with van der Waals surface area (Å²) < 4.78 is 0. The molecule has 1 fully saturated rings. The highest BCUT2D eigenvalue weighted by Gasteiger charge is 2.13. The Morgan fingerprint density at radius 2 is 1.54 bits per heavy atom. The summed E-state index contributed by atoms with van der Waals surface area (Å²) in [5.74, 6) is -1.25. The van der Waals surface area contributed by atoms with Crippen molar-refractivity contribution in [3.63, 3.8) is 0 Å². The quantitative estimate of drug-likeness (QED) is 0.814. The number of hydrogen-bond donors (Lipinski definition) is 2. The van der Waals surface area contributed by atoms with E-state index < -0.39 is 11.8 Å². The fourth-order valence-corrected chi connectivity index (χ4v) is 3.14. The van der Waals surface area contributed by atoms with Crippen molar-refractivity contribution < 1.29 is 9.59 Å². The van der Waals surface area contributed by atoms with E-state index in [4.69, 9.17) is 0 Å². The number of rotatable bonds is 5. The highest BCUT2D eigenvalue weighted by atomic mass is 16.2. The van der Waals surface area contributed by atoms with Crippen molar-refractivity contribution in [3.05, 3.63) is 60.2 Å². The lowest BCUT2D eigenvalue weighted by atomic mass is 10.1. The van der Waals surface area contributed by atoms with Crippen LogP contribution in [0.5, 0.6) is 0 Å². The van der Waals surface area contributed by atoms with Crippen LogP contribution in [0.1, 0.15) is 24.8 Å². The minimum absolute atomic E-state index is 0.435. The second-order valence-electron chi connectivity index (χ2n) is 6.54. The van der Waals surface area contributed by atoms with Gasteiger partial charge in [0.2, 0.25) is 0 Å². The van der Waals surface area contributed by atoms with Crippen LogP contribution < -0.4 is 15.5 Å². The first kappa shape index (κ1) is 18.0. The normalized spacial score (nSPS) is 13.9. The van der Waals surface area contributed by atoms with Gasteiger partial charge in [-0.3, -0.25) is 9.59 Å². The molecule has 3 rings (SSSR count). The first-order chi connectivity index (χ1) is 12.7. The van der Waals surface area contributed by atoms with Crippen molar-refractivity contribution in [2.45, 2.75) is 25.7 Å². The summed E-state index contributed by atoms with van der Waals surface area (Å²) in [7, 11) is 0. The maximum absolute atomic E-state index is 11.9. The number of carbonyl (C=O) groups is 2. The van der Waals surface area contributed by atoms with Crippen molar-refractivity contribution in [2.75, 3.05) is 29.9 Å². The van der Waals surface area contributed by atoms with Crippen LogP contribution in [0.2, 0.25) is 0 Å². The molecule has 136 valence electrons. The van der Waals surface area contributed by atoms with Crippen LogP contribution in [-0.4, -0.2) is 31.4 Å². The Morgan fingerprint density at radius 1 is 0.846 bits per heavy atom. The number of anilines is 2. The predicted octanol–water partition coefficient (Wildman–Crippen LogP) is 2.97. The van der Waals surface area contributed by atoms with E-state index in [1.165, 1.54) is 24.9 Å². The summed E-state index contributed by atoms with van der Waals surface area (Å²) in [4.78, 5) is 26.1. The highest BCUT2D eigenvalue weighted by molar-refractivity contribution is 6.39. The molecule has 1 aliphatic heterocycles. The monoisotopic (exact) mass is 351 g/mol. The lowest BCUT2D eigenvalue weighted by Gasteiger charge is -2.28. The molecule has 1 heterocycles. The lowest BCUT2D eigenvalue weighted by Crippen LogP contribution is -2.36. The van der Waals surface area contributed by atoms with E-state index in [1.54, 1.807) is 24.3 Å². The number of benzene rings is 2. The standard InChI is InChI=1S/C21H25N3O2/c25-20(21(26)23-18-7-3-1-4-8-18)22-14-13-17-9-11-19(12-10-17)24-15-5-2-6-16-24/h1,3-4,7-12H,2,5-6,13-16H2,(H,22,25)(H,23,26). The molecule has 1 saturated heterocycles. The minimum Gasteiger partial charge on any atom is -0.372 e. The molecule has 0 radical (unpaired) electrons. The maximum atomic E-state index is 11.9. The molecule has 5 nitrogen and oxygen atoms in total. The first-order valence-electron chi connectivity index (χ1n) is 9.20. The first-order valence-corrected chi connectivity index (χ1v) is 9.20. The van der Waals surface area contributed by atoms with Crippen LogP contribution in [0.3, 0.4) is 0 Å². The summed E-state index contributed by atoms with van der Waals surface area (Å²) in [6.45, 7) is 2.70. The Morgan fingerprint density at radius 3 is 2.23 bits per heavy atom. The van der Waals surface area contributed by atoms with Crippen molar-refractivity contribution >= 4 is 23.2 Å². The summed E-state index contributed by atoms with van der Waals surface area (Å²) in [5.41, 5.74) is 3.02. The zero-order valence-electron chi connectivity index (χ0n) is 14.9. The van der Waals surface area contributed by atoms with E-state index in [0.717, 1.165) is 18.7 Å². The van der Waals surface area contributed by atoms with E-state index in [9.17, 15) is 9.59 Å². The second-order valence-corrected chi connectivity index (χ2v) is 6.54. The van der Waals surface area contributed by atoms with Crippen LogP contribution in [0.4, 0.5) is 11.4 Å². The number of carbonyl (C=O) groups excluding carboxylic acids is 2. The van der Waals surface area contributed by atoms with Gasteiger partial charge in [0, 0.05) is 31.0 Å². The molecule has 0 unspecified atom stereocenters.